The van der Waals surface area contributed by atoms with Crippen molar-refractivity contribution in [1.82, 2.24) is 9.97 Å². The Balaban J connectivity index is 2.07. The average molecular weight is 279 g/mol. The Morgan fingerprint density at radius 3 is 2.24 bits per heavy atom. The van der Waals surface area contributed by atoms with E-state index in [0.717, 1.165) is 16.6 Å². The Morgan fingerprint density at radius 2 is 1.62 bits per heavy atom. The average Bonchev–Trinajstić information content (AvgIpc) is 2.53. The molecule has 0 bridgehead atoms. The van der Waals surface area contributed by atoms with Crippen LogP contribution in [0.1, 0.15) is 10.4 Å². The second kappa shape index (κ2) is 5.20. The highest BCUT2D eigenvalue weighted by atomic mass is 16.5. The van der Waals surface area contributed by atoms with Crippen molar-refractivity contribution in [3.8, 4) is 11.3 Å². The van der Waals surface area contributed by atoms with Crippen LogP contribution in [0.5, 0.6) is 0 Å². The van der Waals surface area contributed by atoms with Gasteiger partial charge in [0.25, 0.3) is 0 Å². The molecular weight excluding hydrogens is 266 g/mol. The number of nitrogens with zero attached hydrogens (tertiary/aromatic N) is 2. The van der Waals surface area contributed by atoms with Gasteiger partial charge in [0.2, 0.25) is 0 Å². The summed E-state index contributed by atoms with van der Waals surface area (Å²) in [5, 5.41) is 0. The molecule has 3 aromatic rings. The lowest BCUT2D eigenvalue weighted by atomic mass is 10.1. The number of benzene rings is 2. The third kappa shape index (κ3) is 2.41. The van der Waals surface area contributed by atoms with Gasteiger partial charge in [0.1, 0.15) is 5.69 Å². The van der Waals surface area contributed by atoms with Gasteiger partial charge in [-0.1, -0.05) is 24.3 Å². The molecule has 0 aliphatic heterocycles. The van der Waals surface area contributed by atoms with E-state index in [1.807, 2.05) is 24.3 Å². The van der Waals surface area contributed by atoms with Crippen molar-refractivity contribution in [3.63, 3.8) is 0 Å². The molecule has 3 rings (SSSR count). The van der Waals surface area contributed by atoms with E-state index in [4.69, 9.17) is 5.73 Å². The van der Waals surface area contributed by atoms with Crippen molar-refractivity contribution in [2.24, 2.45) is 0 Å². The lowest BCUT2D eigenvalue weighted by molar-refractivity contribution is 0.0601. The van der Waals surface area contributed by atoms with Gasteiger partial charge in [0.15, 0.2) is 5.82 Å². The zero-order chi connectivity index (χ0) is 14.8. The molecule has 1 aromatic heterocycles. The van der Waals surface area contributed by atoms with Gasteiger partial charge in [-0.25, -0.2) is 14.8 Å². The van der Waals surface area contributed by atoms with Crippen molar-refractivity contribution < 1.29 is 9.53 Å². The van der Waals surface area contributed by atoms with E-state index in [1.165, 1.54) is 7.11 Å². The van der Waals surface area contributed by atoms with E-state index < -0.39 is 0 Å². The first-order valence-corrected chi connectivity index (χ1v) is 6.40. The van der Waals surface area contributed by atoms with Crippen molar-refractivity contribution >= 4 is 22.8 Å². The van der Waals surface area contributed by atoms with Crippen LogP contribution in [0.3, 0.4) is 0 Å². The van der Waals surface area contributed by atoms with Crippen LogP contribution < -0.4 is 5.73 Å². The summed E-state index contributed by atoms with van der Waals surface area (Å²) in [4.78, 5) is 20.3. The summed E-state index contributed by atoms with van der Waals surface area (Å²) in [6.45, 7) is 0. The summed E-state index contributed by atoms with van der Waals surface area (Å²) in [7, 11) is 1.35. The SMILES string of the molecule is COC(=O)c1ccc(-c2nc3ccccc3nc2N)cc1. The second-order valence-corrected chi connectivity index (χ2v) is 4.52. The highest BCUT2D eigenvalue weighted by Gasteiger charge is 2.10. The fourth-order valence-corrected chi connectivity index (χ4v) is 2.11. The molecule has 0 spiro atoms. The van der Waals surface area contributed by atoms with Gasteiger partial charge in [0.05, 0.1) is 23.7 Å². The number of esters is 1. The molecule has 21 heavy (non-hydrogen) atoms. The minimum Gasteiger partial charge on any atom is -0.465 e. The van der Waals surface area contributed by atoms with E-state index in [1.54, 1.807) is 24.3 Å². The monoisotopic (exact) mass is 279 g/mol. The molecular formula is C16H13N3O2. The number of nitrogens with two attached hydrogens (primary N) is 1. The van der Waals surface area contributed by atoms with Crippen LogP contribution in [0, 0.1) is 0 Å². The molecule has 0 amide bonds. The van der Waals surface area contributed by atoms with Gasteiger partial charge in [-0.15, -0.1) is 0 Å². The summed E-state index contributed by atoms with van der Waals surface area (Å²) >= 11 is 0. The highest BCUT2D eigenvalue weighted by Crippen LogP contribution is 2.25. The third-order valence-electron chi connectivity index (χ3n) is 3.18. The van der Waals surface area contributed by atoms with Gasteiger partial charge in [-0.2, -0.15) is 0 Å². The van der Waals surface area contributed by atoms with Crippen molar-refractivity contribution in [2.45, 2.75) is 0 Å². The number of hydrogen-bond acceptors (Lipinski definition) is 5. The van der Waals surface area contributed by atoms with Crippen molar-refractivity contribution in [3.05, 3.63) is 54.1 Å². The highest BCUT2D eigenvalue weighted by molar-refractivity contribution is 5.90. The number of fused-ring (bicyclic) bond motifs is 1. The maximum absolute atomic E-state index is 11.4. The Labute approximate surface area is 121 Å². The van der Waals surface area contributed by atoms with E-state index >= 15 is 0 Å². The maximum atomic E-state index is 11.4. The van der Waals surface area contributed by atoms with Gasteiger partial charge in [0, 0.05) is 5.56 Å². The molecule has 5 heteroatoms. The number of hydrogen-bond donors (Lipinski definition) is 1. The zero-order valence-corrected chi connectivity index (χ0v) is 11.4. The fourth-order valence-electron chi connectivity index (χ4n) is 2.11. The summed E-state index contributed by atoms with van der Waals surface area (Å²) in [5.41, 5.74) is 9.39. The number of nitrogen functional groups attached to an aromatic ring is 1. The number of carbonyl (C=O) groups excluding carboxylic acids is 1. The number of aromatic nitrogens is 2. The van der Waals surface area contributed by atoms with E-state index in [-0.39, 0.29) is 5.97 Å². The molecule has 0 radical (unpaired) electrons. The van der Waals surface area contributed by atoms with E-state index in [0.29, 0.717) is 17.1 Å². The Morgan fingerprint density at radius 1 is 1.00 bits per heavy atom. The minimum atomic E-state index is -0.376. The summed E-state index contributed by atoms with van der Waals surface area (Å²) in [6, 6.07) is 14.5. The quantitative estimate of drug-likeness (QED) is 0.730. The number of carbonyl (C=O) groups is 1. The number of methoxy groups -OCH3 is 1. The normalized spacial score (nSPS) is 10.5. The number of ether oxygens (including phenoxy) is 1. The van der Waals surface area contributed by atoms with Crippen LogP contribution >= 0.6 is 0 Å². The maximum Gasteiger partial charge on any atom is 0.337 e. The topological polar surface area (TPSA) is 78.1 Å². The fraction of sp³-hybridized carbons (Fsp3) is 0.0625. The third-order valence-corrected chi connectivity index (χ3v) is 3.18. The van der Waals surface area contributed by atoms with Crippen LogP contribution in [0.4, 0.5) is 5.82 Å². The largest absolute Gasteiger partial charge is 0.465 e. The summed E-state index contributed by atoms with van der Waals surface area (Å²) in [5.74, 6) is -0.0152. The van der Waals surface area contributed by atoms with Crippen LogP contribution in [0.25, 0.3) is 22.3 Å². The van der Waals surface area contributed by atoms with Crippen molar-refractivity contribution in [1.29, 1.82) is 0 Å². The lowest BCUT2D eigenvalue weighted by Crippen LogP contribution is -2.01. The van der Waals surface area contributed by atoms with E-state index in [2.05, 4.69) is 14.7 Å². The first-order chi connectivity index (χ1) is 10.2. The predicted octanol–water partition coefficient (Wildman–Crippen LogP) is 2.67. The molecule has 0 atom stereocenters. The van der Waals surface area contributed by atoms with Gasteiger partial charge >= 0.3 is 5.97 Å². The van der Waals surface area contributed by atoms with Crippen LogP contribution in [0.15, 0.2) is 48.5 Å². The molecule has 0 aliphatic carbocycles. The molecule has 0 saturated carbocycles. The molecule has 0 aliphatic rings. The molecule has 0 fully saturated rings. The molecule has 2 N–H and O–H groups in total. The van der Waals surface area contributed by atoms with Gasteiger partial charge in [-0.05, 0) is 24.3 Å². The smallest absolute Gasteiger partial charge is 0.337 e. The molecule has 1 heterocycles. The number of para-hydroxylation sites is 2. The molecule has 5 nitrogen and oxygen atoms in total. The first-order valence-electron chi connectivity index (χ1n) is 6.40. The van der Waals surface area contributed by atoms with Gasteiger partial charge < -0.3 is 10.5 Å². The predicted molar refractivity (Wildman–Crippen MR) is 80.7 cm³/mol. The Hall–Kier alpha value is -2.95. The summed E-state index contributed by atoms with van der Waals surface area (Å²) in [6.07, 6.45) is 0. The van der Waals surface area contributed by atoms with Crippen LogP contribution in [0.2, 0.25) is 0 Å². The number of rotatable bonds is 2. The lowest BCUT2D eigenvalue weighted by Gasteiger charge is -2.07. The number of anilines is 1. The minimum absolute atomic E-state index is 0.361. The van der Waals surface area contributed by atoms with E-state index in [9.17, 15) is 4.79 Å². The Kier molecular flexibility index (Phi) is 3.23. The second-order valence-electron chi connectivity index (χ2n) is 4.52. The zero-order valence-electron chi connectivity index (χ0n) is 11.4. The standard InChI is InChI=1S/C16H13N3O2/c1-21-16(20)11-8-6-10(7-9-11)14-15(17)19-13-5-3-2-4-12(13)18-14/h2-9H,1H3,(H2,17,19). The Bertz CT molecular complexity index is 813. The molecule has 2 aromatic carbocycles. The van der Waals surface area contributed by atoms with Gasteiger partial charge in [-0.3, -0.25) is 0 Å². The first kappa shape index (κ1) is 13.1. The molecule has 104 valence electrons. The summed E-state index contributed by atoms with van der Waals surface area (Å²) < 4.78 is 4.67. The molecule has 0 unspecified atom stereocenters. The molecule has 0 saturated heterocycles. The van der Waals surface area contributed by atoms with Crippen LogP contribution in [-0.4, -0.2) is 23.0 Å². The van der Waals surface area contributed by atoms with Crippen molar-refractivity contribution in [2.75, 3.05) is 12.8 Å². The van der Waals surface area contributed by atoms with Crippen LogP contribution in [-0.2, 0) is 4.74 Å².